The Kier molecular flexibility index (Phi) is 2.13. The molecule has 0 bridgehead atoms. The van der Waals surface area contributed by atoms with Gasteiger partial charge in [0.25, 0.3) is 0 Å². The fraction of sp³-hybridized carbons (Fsp3) is 0.667. The second kappa shape index (κ2) is 3.27. The fourth-order valence-corrected chi connectivity index (χ4v) is 1.73. The quantitative estimate of drug-likeness (QED) is 0.716. The summed E-state index contributed by atoms with van der Waals surface area (Å²) in [5, 5.41) is 7.18. The van der Waals surface area contributed by atoms with Crippen molar-refractivity contribution in [3.05, 3.63) is 17.5 Å². The summed E-state index contributed by atoms with van der Waals surface area (Å²) in [4.78, 5) is 2.45. The van der Waals surface area contributed by atoms with Gasteiger partial charge in [-0.2, -0.15) is 5.10 Å². The van der Waals surface area contributed by atoms with E-state index in [1.54, 1.807) is 0 Å². The van der Waals surface area contributed by atoms with Crippen LogP contribution < -0.4 is 0 Å². The second-order valence-electron chi connectivity index (χ2n) is 3.53. The van der Waals surface area contributed by atoms with Crippen molar-refractivity contribution in [1.29, 1.82) is 0 Å². The number of aromatic nitrogens is 2. The van der Waals surface area contributed by atoms with Gasteiger partial charge in [-0.15, -0.1) is 0 Å². The number of aryl methyl sites for hydroxylation is 1. The van der Waals surface area contributed by atoms with Crippen molar-refractivity contribution >= 4 is 0 Å². The molecule has 2 rings (SSSR count). The molecule has 0 atom stereocenters. The normalized spacial score (nSPS) is 18.8. The zero-order valence-electron chi connectivity index (χ0n) is 7.51. The van der Waals surface area contributed by atoms with E-state index in [4.69, 9.17) is 0 Å². The van der Waals surface area contributed by atoms with E-state index in [-0.39, 0.29) is 0 Å². The van der Waals surface area contributed by atoms with Gasteiger partial charge in [-0.3, -0.25) is 10.00 Å². The molecular formula is C9H15N3. The van der Waals surface area contributed by atoms with Crippen molar-refractivity contribution < 1.29 is 0 Å². The summed E-state index contributed by atoms with van der Waals surface area (Å²) in [6, 6.07) is 2.12. The van der Waals surface area contributed by atoms with E-state index in [1.807, 2.05) is 6.92 Å². The topological polar surface area (TPSA) is 31.9 Å². The minimum atomic E-state index is 1.02. The maximum absolute atomic E-state index is 4.21. The third kappa shape index (κ3) is 1.67. The number of aromatic amines is 1. The molecule has 2 heterocycles. The van der Waals surface area contributed by atoms with Gasteiger partial charge < -0.3 is 0 Å². The number of nitrogens with one attached hydrogen (secondary N) is 1. The highest BCUT2D eigenvalue weighted by atomic mass is 15.2. The second-order valence-corrected chi connectivity index (χ2v) is 3.53. The van der Waals surface area contributed by atoms with Crippen molar-refractivity contribution in [3.63, 3.8) is 0 Å². The maximum atomic E-state index is 4.21. The average molecular weight is 165 g/mol. The molecule has 1 N–H and O–H groups in total. The molecule has 1 fully saturated rings. The summed E-state index contributed by atoms with van der Waals surface area (Å²) in [5.41, 5.74) is 2.33. The van der Waals surface area contributed by atoms with Crippen LogP contribution in [-0.4, -0.2) is 28.2 Å². The van der Waals surface area contributed by atoms with Crippen LogP contribution in [0.2, 0.25) is 0 Å². The van der Waals surface area contributed by atoms with Crippen molar-refractivity contribution in [2.75, 3.05) is 13.1 Å². The molecule has 0 aliphatic carbocycles. The zero-order valence-corrected chi connectivity index (χ0v) is 7.51. The SMILES string of the molecule is Cc1cc(CN2CCCC2)n[nH]1. The molecule has 66 valence electrons. The summed E-state index contributed by atoms with van der Waals surface area (Å²) in [6.45, 7) is 5.54. The molecule has 1 aliphatic rings. The average Bonchev–Trinajstić information content (AvgIpc) is 2.63. The molecule has 3 nitrogen and oxygen atoms in total. The molecule has 1 aromatic heterocycles. The van der Waals surface area contributed by atoms with Crippen LogP contribution in [0.25, 0.3) is 0 Å². The van der Waals surface area contributed by atoms with E-state index < -0.39 is 0 Å². The van der Waals surface area contributed by atoms with E-state index in [1.165, 1.54) is 31.6 Å². The Bertz CT molecular complexity index is 248. The number of hydrogen-bond acceptors (Lipinski definition) is 2. The number of hydrogen-bond donors (Lipinski definition) is 1. The Hall–Kier alpha value is -0.830. The summed E-state index contributed by atoms with van der Waals surface area (Å²) in [7, 11) is 0. The fourth-order valence-electron chi connectivity index (χ4n) is 1.73. The highest BCUT2D eigenvalue weighted by Gasteiger charge is 2.12. The van der Waals surface area contributed by atoms with Crippen molar-refractivity contribution in [2.45, 2.75) is 26.3 Å². The molecule has 0 amide bonds. The third-order valence-corrected chi connectivity index (χ3v) is 2.34. The van der Waals surface area contributed by atoms with Gasteiger partial charge >= 0.3 is 0 Å². The van der Waals surface area contributed by atoms with Gasteiger partial charge in [-0.25, -0.2) is 0 Å². The van der Waals surface area contributed by atoms with Crippen LogP contribution in [0.4, 0.5) is 0 Å². The van der Waals surface area contributed by atoms with Crippen LogP contribution in [0.15, 0.2) is 6.07 Å². The monoisotopic (exact) mass is 165 g/mol. The van der Waals surface area contributed by atoms with E-state index >= 15 is 0 Å². The Labute approximate surface area is 72.8 Å². The molecule has 0 aromatic carbocycles. The predicted molar refractivity (Wildman–Crippen MR) is 47.8 cm³/mol. The Morgan fingerprint density at radius 1 is 1.50 bits per heavy atom. The minimum absolute atomic E-state index is 1.02. The van der Waals surface area contributed by atoms with Crippen LogP contribution in [-0.2, 0) is 6.54 Å². The van der Waals surface area contributed by atoms with E-state index in [9.17, 15) is 0 Å². The summed E-state index contributed by atoms with van der Waals surface area (Å²) in [6.07, 6.45) is 2.70. The smallest absolute Gasteiger partial charge is 0.0765 e. The first kappa shape index (κ1) is 7.80. The van der Waals surface area contributed by atoms with E-state index in [0.717, 1.165) is 12.2 Å². The number of rotatable bonds is 2. The van der Waals surface area contributed by atoms with Gasteiger partial charge in [-0.05, 0) is 38.9 Å². The third-order valence-electron chi connectivity index (χ3n) is 2.34. The molecule has 1 aliphatic heterocycles. The number of nitrogens with zero attached hydrogens (tertiary/aromatic N) is 2. The lowest BCUT2D eigenvalue weighted by molar-refractivity contribution is 0.327. The Morgan fingerprint density at radius 3 is 2.83 bits per heavy atom. The van der Waals surface area contributed by atoms with Crippen molar-refractivity contribution in [2.24, 2.45) is 0 Å². The van der Waals surface area contributed by atoms with Crippen molar-refractivity contribution in [3.8, 4) is 0 Å². The van der Waals surface area contributed by atoms with Gasteiger partial charge in [0.1, 0.15) is 0 Å². The van der Waals surface area contributed by atoms with Gasteiger partial charge in [0.05, 0.1) is 5.69 Å². The summed E-state index contributed by atoms with van der Waals surface area (Å²) in [5.74, 6) is 0. The highest BCUT2D eigenvalue weighted by Crippen LogP contribution is 2.11. The standard InChI is InChI=1S/C9H15N3/c1-8-6-9(11-10-8)7-12-4-2-3-5-12/h6H,2-5,7H2,1H3,(H,10,11). The molecule has 0 radical (unpaired) electrons. The zero-order chi connectivity index (χ0) is 8.39. The van der Waals surface area contributed by atoms with Crippen molar-refractivity contribution in [1.82, 2.24) is 15.1 Å². The van der Waals surface area contributed by atoms with E-state index in [2.05, 4.69) is 21.2 Å². The molecule has 1 aromatic rings. The molecule has 0 unspecified atom stereocenters. The lowest BCUT2D eigenvalue weighted by Crippen LogP contribution is -2.18. The van der Waals surface area contributed by atoms with E-state index in [0.29, 0.717) is 0 Å². The van der Waals surface area contributed by atoms with Crippen LogP contribution in [0.5, 0.6) is 0 Å². The highest BCUT2D eigenvalue weighted by molar-refractivity contribution is 5.06. The van der Waals surface area contributed by atoms with Gasteiger partial charge in [0.2, 0.25) is 0 Å². The first-order valence-electron chi connectivity index (χ1n) is 4.58. The van der Waals surface area contributed by atoms with Crippen LogP contribution in [0, 0.1) is 6.92 Å². The van der Waals surface area contributed by atoms with Gasteiger partial charge in [-0.1, -0.05) is 0 Å². The molecule has 12 heavy (non-hydrogen) atoms. The number of likely N-dealkylation sites (tertiary alicyclic amines) is 1. The molecule has 0 spiro atoms. The minimum Gasteiger partial charge on any atom is -0.297 e. The molecular weight excluding hydrogens is 150 g/mol. The predicted octanol–water partition coefficient (Wildman–Crippen LogP) is 1.31. The van der Waals surface area contributed by atoms with Crippen LogP contribution >= 0.6 is 0 Å². The summed E-state index contributed by atoms with van der Waals surface area (Å²) >= 11 is 0. The lowest BCUT2D eigenvalue weighted by Gasteiger charge is -2.11. The molecule has 0 saturated carbocycles. The maximum Gasteiger partial charge on any atom is 0.0765 e. The van der Waals surface area contributed by atoms with Gasteiger partial charge in [0.15, 0.2) is 0 Å². The molecule has 3 heteroatoms. The largest absolute Gasteiger partial charge is 0.297 e. The first-order chi connectivity index (χ1) is 5.84. The lowest BCUT2D eigenvalue weighted by atomic mass is 10.3. The Balaban J connectivity index is 1.94. The van der Waals surface area contributed by atoms with Gasteiger partial charge in [0, 0.05) is 12.2 Å². The van der Waals surface area contributed by atoms with Crippen LogP contribution in [0.1, 0.15) is 24.2 Å². The first-order valence-corrected chi connectivity index (χ1v) is 4.58. The number of H-pyrrole nitrogens is 1. The summed E-state index contributed by atoms with van der Waals surface area (Å²) < 4.78 is 0. The van der Waals surface area contributed by atoms with Crippen LogP contribution in [0.3, 0.4) is 0 Å². The Morgan fingerprint density at radius 2 is 2.25 bits per heavy atom. The molecule has 1 saturated heterocycles.